The lowest BCUT2D eigenvalue weighted by Gasteiger charge is -2.20. The van der Waals surface area contributed by atoms with E-state index in [0.717, 1.165) is 0 Å². The highest BCUT2D eigenvalue weighted by Gasteiger charge is 2.12. The predicted molar refractivity (Wildman–Crippen MR) is 68.1 cm³/mol. The van der Waals surface area contributed by atoms with Gasteiger partial charge >= 0.3 is 0 Å². The third kappa shape index (κ3) is 3.36. The number of rotatable bonds is 4. The molecule has 90 valence electrons. The normalized spacial score (nSPS) is 9.53. The molecule has 1 N–H and O–H groups in total. The molecule has 0 aliphatic heterocycles. The second-order valence-electron chi connectivity index (χ2n) is 3.56. The third-order valence-corrected chi connectivity index (χ3v) is 2.58. The van der Waals surface area contributed by atoms with Crippen LogP contribution in [-0.4, -0.2) is 26.0 Å². The molecule has 0 aliphatic rings. The maximum Gasteiger partial charge on any atom is 0.239 e. The van der Waals surface area contributed by atoms with Crippen molar-refractivity contribution in [3.05, 3.63) is 28.8 Å². The van der Waals surface area contributed by atoms with Crippen molar-refractivity contribution in [1.82, 2.24) is 5.32 Å². The van der Waals surface area contributed by atoms with Crippen LogP contribution in [0.1, 0.15) is 12.5 Å². The molecule has 0 radical (unpaired) electrons. The van der Waals surface area contributed by atoms with Gasteiger partial charge in [-0.05, 0) is 19.1 Å². The summed E-state index contributed by atoms with van der Waals surface area (Å²) in [5.74, 6) is -0.0844. The number of benzene rings is 1. The monoisotopic (exact) mass is 251 g/mol. The van der Waals surface area contributed by atoms with E-state index < -0.39 is 0 Å². The van der Waals surface area contributed by atoms with Crippen LogP contribution in [-0.2, 0) is 4.79 Å². The van der Waals surface area contributed by atoms with Gasteiger partial charge in [0.25, 0.3) is 0 Å². The lowest BCUT2D eigenvalue weighted by atomic mass is 10.2. The fourth-order valence-electron chi connectivity index (χ4n) is 1.50. The van der Waals surface area contributed by atoms with Crippen LogP contribution in [0.15, 0.2) is 18.2 Å². The Hall–Kier alpha value is -1.73. The maximum absolute atomic E-state index is 11.4. The van der Waals surface area contributed by atoms with E-state index >= 15 is 0 Å². The summed E-state index contributed by atoms with van der Waals surface area (Å²) in [6.45, 7) is 2.65. The number of amides is 1. The van der Waals surface area contributed by atoms with E-state index in [0.29, 0.717) is 22.8 Å². The van der Waals surface area contributed by atoms with Gasteiger partial charge in [-0.15, -0.1) is 0 Å². The Bertz CT molecular complexity index is 454. The Kier molecular flexibility index (Phi) is 4.80. The average molecular weight is 252 g/mol. The number of nitriles is 1. The molecule has 0 saturated heterocycles. The number of carbonyl (C=O) groups excluding carboxylic acids is 1. The fourth-order valence-corrected chi connectivity index (χ4v) is 1.71. The number of hydrogen-bond acceptors (Lipinski definition) is 3. The zero-order valence-electron chi connectivity index (χ0n) is 9.83. The first-order chi connectivity index (χ1) is 8.10. The summed E-state index contributed by atoms with van der Waals surface area (Å²) in [7, 11) is 1.75. The van der Waals surface area contributed by atoms with Crippen LogP contribution in [0.2, 0.25) is 5.02 Å². The number of hydrogen-bond donors (Lipinski definition) is 1. The number of likely N-dealkylation sites (N-methyl/N-ethyl adjacent to an activating group) is 2. The second-order valence-corrected chi connectivity index (χ2v) is 3.96. The number of nitrogens with zero attached hydrogens (tertiary/aromatic N) is 2. The fraction of sp³-hybridized carbons (Fsp3) is 0.333. The Balaban J connectivity index is 2.90. The smallest absolute Gasteiger partial charge is 0.239 e. The van der Waals surface area contributed by atoms with Gasteiger partial charge < -0.3 is 10.2 Å². The topological polar surface area (TPSA) is 56.1 Å². The molecule has 17 heavy (non-hydrogen) atoms. The van der Waals surface area contributed by atoms with Gasteiger partial charge in [0.05, 0.1) is 22.8 Å². The van der Waals surface area contributed by atoms with Crippen LogP contribution >= 0.6 is 11.6 Å². The molecule has 4 nitrogen and oxygen atoms in total. The molecule has 5 heteroatoms. The summed E-state index contributed by atoms with van der Waals surface area (Å²) in [6.07, 6.45) is 0. The standard InChI is InChI=1S/C12H14ClN3O/c1-3-15-12(17)8-16(2)11-6-4-5-10(13)9(11)7-14/h4-6H,3,8H2,1-2H3,(H,15,17). The van der Waals surface area contributed by atoms with E-state index in [2.05, 4.69) is 5.32 Å². The summed E-state index contributed by atoms with van der Waals surface area (Å²) in [5.41, 5.74) is 1.05. The van der Waals surface area contributed by atoms with Crippen molar-refractivity contribution in [2.75, 3.05) is 25.0 Å². The Labute approximate surface area is 106 Å². The summed E-state index contributed by atoms with van der Waals surface area (Å²) < 4.78 is 0. The van der Waals surface area contributed by atoms with Gasteiger partial charge in [-0.1, -0.05) is 17.7 Å². The summed E-state index contributed by atoms with van der Waals surface area (Å²) in [4.78, 5) is 13.1. The summed E-state index contributed by atoms with van der Waals surface area (Å²) in [6, 6.07) is 7.23. The SMILES string of the molecule is CCNC(=O)CN(C)c1cccc(Cl)c1C#N. The zero-order valence-corrected chi connectivity index (χ0v) is 10.6. The average Bonchev–Trinajstić information content (AvgIpc) is 2.28. The van der Waals surface area contributed by atoms with Gasteiger partial charge in [0.2, 0.25) is 5.91 Å². The molecule has 0 spiro atoms. The molecule has 1 aromatic carbocycles. The van der Waals surface area contributed by atoms with Crippen LogP contribution in [0.5, 0.6) is 0 Å². The Morgan fingerprint density at radius 1 is 1.59 bits per heavy atom. The molecule has 0 aromatic heterocycles. The molecular formula is C12H14ClN3O. The van der Waals surface area contributed by atoms with Crippen molar-refractivity contribution in [1.29, 1.82) is 5.26 Å². The largest absolute Gasteiger partial charge is 0.364 e. The molecule has 1 rings (SSSR count). The van der Waals surface area contributed by atoms with Crippen molar-refractivity contribution >= 4 is 23.2 Å². The number of halogens is 1. The number of nitrogens with one attached hydrogen (secondary N) is 1. The maximum atomic E-state index is 11.4. The molecule has 1 amide bonds. The van der Waals surface area contributed by atoms with Crippen LogP contribution in [0.25, 0.3) is 0 Å². The lowest BCUT2D eigenvalue weighted by molar-refractivity contribution is -0.119. The van der Waals surface area contributed by atoms with E-state index in [-0.39, 0.29) is 12.5 Å². The molecule has 0 unspecified atom stereocenters. The van der Waals surface area contributed by atoms with E-state index in [1.54, 1.807) is 30.1 Å². The van der Waals surface area contributed by atoms with E-state index in [1.165, 1.54) is 0 Å². The number of anilines is 1. The zero-order chi connectivity index (χ0) is 12.8. The van der Waals surface area contributed by atoms with Crippen molar-refractivity contribution in [3.8, 4) is 6.07 Å². The van der Waals surface area contributed by atoms with Crippen LogP contribution in [0, 0.1) is 11.3 Å². The first-order valence-corrected chi connectivity index (χ1v) is 5.64. The van der Waals surface area contributed by atoms with Crippen molar-refractivity contribution in [2.45, 2.75) is 6.92 Å². The van der Waals surface area contributed by atoms with Crippen molar-refractivity contribution in [3.63, 3.8) is 0 Å². The van der Waals surface area contributed by atoms with Gasteiger partial charge in [0, 0.05) is 13.6 Å². The van der Waals surface area contributed by atoms with E-state index in [9.17, 15) is 4.79 Å². The minimum absolute atomic E-state index is 0.0844. The number of carbonyl (C=O) groups is 1. The van der Waals surface area contributed by atoms with Gasteiger partial charge in [-0.25, -0.2) is 0 Å². The molecule has 0 bridgehead atoms. The first kappa shape index (κ1) is 13.3. The molecular weight excluding hydrogens is 238 g/mol. The highest BCUT2D eigenvalue weighted by molar-refractivity contribution is 6.32. The molecule has 1 aromatic rings. The molecule has 0 atom stereocenters. The quantitative estimate of drug-likeness (QED) is 0.888. The summed E-state index contributed by atoms with van der Waals surface area (Å²) in [5, 5.41) is 12.1. The minimum atomic E-state index is -0.0844. The minimum Gasteiger partial charge on any atom is -0.364 e. The van der Waals surface area contributed by atoms with Gasteiger partial charge in [-0.2, -0.15) is 5.26 Å². The molecule has 0 saturated carbocycles. The summed E-state index contributed by atoms with van der Waals surface area (Å²) >= 11 is 5.92. The molecule has 0 aliphatic carbocycles. The Morgan fingerprint density at radius 2 is 2.29 bits per heavy atom. The highest BCUT2D eigenvalue weighted by Crippen LogP contribution is 2.25. The van der Waals surface area contributed by atoms with Gasteiger partial charge in [0.1, 0.15) is 6.07 Å². The van der Waals surface area contributed by atoms with Crippen molar-refractivity contribution < 1.29 is 4.79 Å². The van der Waals surface area contributed by atoms with Gasteiger partial charge in [0.15, 0.2) is 0 Å². The highest BCUT2D eigenvalue weighted by atomic mass is 35.5. The third-order valence-electron chi connectivity index (χ3n) is 2.27. The van der Waals surface area contributed by atoms with Crippen LogP contribution in [0.3, 0.4) is 0 Å². The Morgan fingerprint density at radius 3 is 2.88 bits per heavy atom. The predicted octanol–water partition coefficient (Wildman–Crippen LogP) is 1.78. The van der Waals surface area contributed by atoms with E-state index in [1.807, 2.05) is 13.0 Å². The molecule has 0 heterocycles. The van der Waals surface area contributed by atoms with Gasteiger partial charge in [-0.3, -0.25) is 4.79 Å². The lowest BCUT2D eigenvalue weighted by Crippen LogP contribution is -2.35. The van der Waals surface area contributed by atoms with E-state index in [4.69, 9.17) is 16.9 Å². The van der Waals surface area contributed by atoms with Crippen LogP contribution < -0.4 is 10.2 Å². The molecule has 0 fully saturated rings. The second kappa shape index (κ2) is 6.12. The van der Waals surface area contributed by atoms with Crippen molar-refractivity contribution in [2.24, 2.45) is 0 Å². The van der Waals surface area contributed by atoms with Crippen LogP contribution in [0.4, 0.5) is 5.69 Å². The first-order valence-electron chi connectivity index (χ1n) is 5.26.